The lowest BCUT2D eigenvalue weighted by molar-refractivity contribution is 0.499. The molecule has 0 aliphatic heterocycles. The molecule has 0 aromatic carbocycles. The molecule has 0 saturated carbocycles. The van der Waals surface area contributed by atoms with E-state index < -0.39 is 6.98 Å². The molecule has 1 aromatic rings. The van der Waals surface area contributed by atoms with Crippen LogP contribution in [-0.4, -0.2) is 12.0 Å². The molecule has 0 N–H and O–H groups in total. The molecule has 1 nitrogen and oxygen atoms in total. The van der Waals surface area contributed by atoms with Crippen molar-refractivity contribution in [1.82, 2.24) is 4.98 Å². The van der Waals surface area contributed by atoms with Gasteiger partial charge in [0.1, 0.15) is 0 Å². The molecule has 5 heteroatoms. The van der Waals surface area contributed by atoms with Crippen molar-refractivity contribution >= 4 is 13.1 Å². The van der Waals surface area contributed by atoms with Gasteiger partial charge in [0.2, 0.25) is 0 Å². The topological polar surface area (TPSA) is 12.9 Å². The van der Waals surface area contributed by atoms with Crippen LogP contribution in [0.1, 0.15) is 31.2 Å². The third-order valence-electron chi connectivity index (χ3n) is 1.87. The number of rotatable bonds is 3. The van der Waals surface area contributed by atoms with Gasteiger partial charge in [-0.15, -0.1) is 5.98 Å². The highest BCUT2D eigenvalue weighted by atomic mass is 19.4. The van der Waals surface area contributed by atoms with Crippen molar-refractivity contribution in [1.29, 1.82) is 0 Å². The number of pyridine rings is 1. The van der Waals surface area contributed by atoms with Crippen molar-refractivity contribution in [2.75, 3.05) is 0 Å². The van der Waals surface area contributed by atoms with Crippen LogP contribution in [0.5, 0.6) is 0 Å². The van der Waals surface area contributed by atoms with E-state index in [2.05, 4.69) is 4.98 Å². The van der Waals surface area contributed by atoms with Gasteiger partial charge in [-0.05, 0) is 18.1 Å². The van der Waals surface area contributed by atoms with Crippen LogP contribution < -0.4 is 0 Å². The Labute approximate surface area is 87.1 Å². The molecule has 0 bridgehead atoms. The van der Waals surface area contributed by atoms with Gasteiger partial charge in [-0.3, -0.25) is 4.98 Å². The highest BCUT2D eigenvalue weighted by molar-refractivity contribution is 6.64. The average Bonchev–Trinajstić information content (AvgIpc) is 2.14. The van der Waals surface area contributed by atoms with Crippen LogP contribution in [0, 0.1) is 0 Å². The molecule has 0 spiro atoms. The van der Waals surface area contributed by atoms with Crippen LogP contribution in [0.4, 0.5) is 12.9 Å². The van der Waals surface area contributed by atoms with Crippen molar-refractivity contribution in [2.45, 2.75) is 19.8 Å². The maximum atomic E-state index is 11.9. The van der Waals surface area contributed by atoms with E-state index in [1.807, 2.05) is 13.8 Å². The lowest BCUT2D eigenvalue weighted by atomic mass is 9.91. The number of hydrogen-bond donors (Lipinski definition) is 0. The molecule has 0 atom stereocenters. The Kier molecular flexibility index (Phi) is 3.55. The van der Waals surface area contributed by atoms with Crippen LogP contribution in [0.2, 0.25) is 0 Å². The fourth-order valence-electron chi connectivity index (χ4n) is 1.09. The van der Waals surface area contributed by atoms with Crippen molar-refractivity contribution in [3.8, 4) is 0 Å². The van der Waals surface area contributed by atoms with Gasteiger partial charge in [-0.2, -0.15) is 0 Å². The maximum Gasteiger partial charge on any atom is 0.502 e. The zero-order valence-electron chi connectivity index (χ0n) is 8.62. The standard InChI is InChI=1S/C10H12BF3N/c1-8(2)10-5-3-4-9(15-10)6-7-11(12,13)14/h3-8H,1-2H3/q-1/b7-6+. The van der Waals surface area contributed by atoms with Gasteiger partial charge in [0.25, 0.3) is 0 Å². The molecule has 0 amide bonds. The van der Waals surface area contributed by atoms with Gasteiger partial charge < -0.3 is 12.9 Å². The van der Waals surface area contributed by atoms with Gasteiger partial charge in [0.05, 0.1) is 5.69 Å². The molecular formula is C10H12BF3N-. The Bertz CT molecular complexity index is 358. The fraction of sp³-hybridized carbons (Fsp3) is 0.300. The Morgan fingerprint density at radius 2 is 1.93 bits per heavy atom. The zero-order chi connectivity index (χ0) is 11.5. The van der Waals surface area contributed by atoms with Crippen molar-refractivity contribution in [2.24, 2.45) is 0 Å². The highest BCUT2D eigenvalue weighted by Crippen LogP contribution is 2.14. The lowest BCUT2D eigenvalue weighted by Gasteiger charge is -2.07. The maximum absolute atomic E-state index is 11.9. The Balaban J connectivity index is 2.87. The van der Waals surface area contributed by atoms with Gasteiger partial charge in [-0.1, -0.05) is 26.0 Å². The molecule has 0 unspecified atom stereocenters. The summed E-state index contributed by atoms with van der Waals surface area (Å²) in [6, 6.07) is 5.08. The van der Waals surface area contributed by atoms with Crippen molar-refractivity contribution in [3.05, 3.63) is 35.6 Å². The van der Waals surface area contributed by atoms with Crippen LogP contribution >= 0.6 is 0 Å². The van der Waals surface area contributed by atoms with E-state index in [4.69, 9.17) is 0 Å². The SMILES string of the molecule is CC(C)c1cccc(/C=C/[B-](F)(F)F)n1. The minimum atomic E-state index is -4.88. The minimum Gasteiger partial charge on any atom is -0.445 e. The number of halogens is 3. The summed E-state index contributed by atoms with van der Waals surface area (Å²) in [7, 11) is 0. The van der Waals surface area contributed by atoms with E-state index in [1.54, 1.807) is 18.2 Å². The predicted molar refractivity (Wildman–Crippen MR) is 56.4 cm³/mol. The quantitative estimate of drug-likeness (QED) is 0.700. The first-order valence-corrected chi connectivity index (χ1v) is 4.74. The average molecular weight is 214 g/mol. The first-order valence-electron chi connectivity index (χ1n) is 4.74. The van der Waals surface area contributed by atoms with E-state index >= 15 is 0 Å². The summed E-state index contributed by atoms with van der Waals surface area (Å²) in [6.07, 6.45) is 1.01. The van der Waals surface area contributed by atoms with Crippen molar-refractivity contribution in [3.63, 3.8) is 0 Å². The minimum absolute atomic E-state index is 0.217. The fourth-order valence-corrected chi connectivity index (χ4v) is 1.09. The van der Waals surface area contributed by atoms with E-state index in [-0.39, 0.29) is 11.9 Å². The van der Waals surface area contributed by atoms with Gasteiger partial charge in [0.15, 0.2) is 0 Å². The molecule has 1 rings (SSSR count). The molecule has 1 heterocycles. The monoisotopic (exact) mass is 214 g/mol. The first-order chi connectivity index (χ1) is 6.88. The molecule has 82 valence electrons. The Hall–Kier alpha value is -1.26. The van der Waals surface area contributed by atoms with Crippen LogP contribution in [0.15, 0.2) is 24.2 Å². The Morgan fingerprint density at radius 3 is 2.47 bits per heavy atom. The lowest BCUT2D eigenvalue weighted by Crippen LogP contribution is -2.09. The number of aromatic nitrogens is 1. The second-order valence-corrected chi connectivity index (χ2v) is 3.63. The van der Waals surface area contributed by atoms with E-state index in [0.717, 1.165) is 11.8 Å². The molecule has 15 heavy (non-hydrogen) atoms. The highest BCUT2D eigenvalue weighted by Gasteiger charge is 2.17. The molecule has 0 fully saturated rings. The van der Waals surface area contributed by atoms with Gasteiger partial charge >= 0.3 is 6.98 Å². The van der Waals surface area contributed by atoms with E-state index in [1.165, 1.54) is 0 Å². The molecule has 0 aliphatic rings. The van der Waals surface area contributed by atoms with E-state index in [0.29, 0.717) is 5.69 Å². The summed E-state index contributed by atoms with van der Waals surface area (Å²) >= 11 is 0. The van der Waals surface area contributed by atoms with Crippen LogP contribution in [0.3, 0.4) is 0 Å². The second-order valence-electron chi connectivity index (χ2n) is 3.63. The molecule has 1 aromatic heterocycles. The first kappa shape index (κ1) is 11.8. The predicted octanol–water partition coefficient (Wildman–Crippen LogP) is 3.60. The summed E-state index contributed by atoms with van der Waals surface area (Å²) in [5.41, 5.74) is 1.15. The number of hydrogen-bond acceptors (Lipinski definition) is 1. The third kappa shape index (κ3) is 4.19. The van der Waals surface area contributed by atoms with Crippen LogP contribution in [-0.2, 0) is 0 Å². The summed E-state index contributed by atoms with van der Waals surface area (Å²) in [5.74, 6) is 0.474. The molecular weight excluding hydrogens is 202 g/mol. The summed E-state index contributed by atoms with van der Waals surface area (Å²) < 4.78 is 35.8. The normalized spacial score (nSPS) is 12.7. The van der Waals surface area contributed by atoms with Gasteiger partial charge in [-0.25, -0.2) is 0 Å². The second kappa shape index (κ2) is 4.51. The van der Waals surface area contributed by atoms with Crippen molar-refractivity contribution < 1.29 is 12.9 Å². The molecule has 0 aliphatic carbocycles. The summed E-state index contributed by atoms with van der Waals surface area (Å²) in [6.45, 7) is -0.982. The summed E-state index contributed by atoms with van der Waals surface area (Å²) in [5, 5.41) is 0. The molecule has 0 saturated heterocycles. The smallest absolute Gasteiger partial charge is 0.445 e. The largest absolute Gasteiger partial charge is 0.502 e. The van der Waals surface area contributed by atoms with E-state index in [9.17, 15) is 12.9 Å². The van der Waals surface area contributed by atoms with Crippen LogP contribution in [0.25, 0.3) is 6.08 Å². The molecule has 0 radical (unpaired) electrons. The number of nitrogens with zero attached hydrogens (tertiary/aromatic N) is 1. The van der Waals surface area contributed by atoms with Gasteiger partial charge in [0, 0.05) is 5.69 Å². The zero-order valence-corrected chi connectivity index (χ0v) is 8.62. The Morgan fingerprint density at radius 1 is 1.27 bits per heavy atom. The third-order valence-corrected chi connectivity index (χ3v) is 1.87. The summed E-state index contributed by atoms with van der Waals surface area (Å²) in [4.78, 5) is 4.10.